The molecule has 2 aromatic carbocycles. The van der Waals surface area contributed by atoms with Crippen molar-refractivity contribution in [3.8, 4) is 0 Å². The molecule has 4 aromatic rings. The third kappa shape index (κ3) is 6.46. The first kappa shape index (κ1) is 29.7. The summed E-state index contributed by atoms with van der Waals surface area (Å²) in [6.45, 7) is 2.51. The van der Waals surface area contributed by atoms with Crippen molar-refractivity contribution < 1.29 is 29.0 Å². The number of nitrogens with zero attached hydrogens (tertiary/aromatic N) is 4. The molecule has 1 aliphatic heterocycles. The largest absolute Gasteiger partial charge is 0.478 e. The van der Waals surface area contributed by atoms with Crippen LogP contribution in [0.25, 0.3) is 17.2 Å². The van der Waals surface area contributed by atoms with Gasteiger partial charge in [-0.25, -0.2) is 29.3 Å². The highest BCUT2D eigenvalue weighted by Crippen LogP contribution is 2.45. The van der Waals surface area contributed by atoms with Crippen LogP contribution in [-0.4, -0.2) is 74.2 Å². The first-order chi connectivity index (χ1) is 21.9. The maximum Gasteiger partial charge on any atom is 0.337 e. The van der Waals surface area contributed by atoms with Gasteiger partial charge in [-0.1, -0.05) is 48.5 Å². The van der Waals surface area contributed by atoms with Crippen LogP contribution >= 0.6 is 0 Å². The highest BCUT2D eigenvalue weighted by Gasteiger charge is 2.52. The zero-order valence-electron chi connectivity index (χ0n) is 24.3. The van der Waals surface area contributed by atoms with Crippen molar-refractivity contribution in [2.45, 2.75) is 37.9 Å². The number of ether oxygens (including phenoxy) is 2. The number of hydrogen-bond acceptors (Lipinski definition) is 8. The van der Waals surface area contributed by atoms with E-state index in [-0.39, 0.29) is 41.7 Å². The number of aromatic carboxylic acids is 1. The number of carbonyl (C=O) groups is 3. The Labute approximate surface area is 257 Å². The van der Waals surface area contributed by atoms with Crippen molar-refractivity contribution in [1.82, 2.24) is 30.2 Å². The van der Waals surface area contributed by atoms with Crippen LogP contribution in [0.5, 0.6) is 0 Å². The van der Waals surface area contributed by atoms with E-state index in [1.54, 1.807) is 18.5 Å². The fraction of sp³-hybridized carbons (Fsp3) is 0.290. The topological polar surface area (TPSA) is 182 Å². The second kappa shape index (κ2) is 13.1. The van der Waals surface area contributed by atoms with Crippen LogP contribution in [-0.2, 0) is 9.47 Å². The fourth-order valence-electron chi connectivity index (χ4n) is 5.75. The van der Waals surface area contributed by atoms with Gasteiger partial charge >= 0.3 is 18.0 Å². The van der Waals surface area contributed by atoms with Gasteiger partial charge in [0.1, 0.15) is 12.4 Å². The van der Waals surface area contributed by atoms with Crippen LogP contribution in [0.4, 0.5) is 21.1 Å². The number of anilines is 2. The van der Waals surface area contributed by atoms with Gasteiger partial charge in [-0.15, -0.1) is 0 Å². The lowest BCUT2D eigenvalue weighted by Gasteiger charge is -2.20. The number of hydrogen-bond donors (Lipinski definition) is 5. The minimum Gasteiger partial charge on any atom is -0.478 e. The smallest absolute Gasteiger partial charge is 0.337 e. The molecule has 14 heteroatoms. The number of nitrogens with one attached hydrogen (secondary N) is 4. The first-order valence-electron chi connectivity index (χ1n) is 14.5. The van der Waals surface area contributed by atoms with Crippen LogP contribution in [0.15, 0.2) is 73.3 Å². The summed E-state index contributed by atoms with van der Waals surface area (Å²) in [4.78, 5) is 49.8. The normalized spacial score (nSPS) is 22.3. The first-order valence-corrected chi connectivity index (χ1v) is 14.5. The second-order valence-corrected chi connectivity index (χ2v) is 10.6. The van der Waals surface area contributed by atoms with Crippen molar-refractivity contribution in [2.24, 2.45) is 5.92 Å². The summed E-state index contributed by atoms with van der Waals surface area (Å²) >= 11 is 0. The van der Waals surface area contributed by atoms with E-state index >= 15 is 0 Å². The van der Waals surface area contributed by atoms with E-state index < -0.39 is 30.4 Å². The highest BCUT2D eigenvalue weighted by atomic mass is 16.7. The molecule has 5 N–H and O–H groups in total. The Morgan fingerprint density at radius 2 is 1.71 bits per heavy atom. The van der Waals surface area contributed by atoms with Gasteiger partial charge in [0, 0.05) is 19.0 Å². The third-order valence-corrected chi connectivity index (χ3v) is 7.76. The molecule has 4 unspecified atom stereocenters. The van der Waals surface area contributed by atoms with Gasteiger partial charge < -0.3 is 35.1 Å². The summed E-state index contributed by atoms with van der Waals surface area (Å²) in [5, 5.41) is 20.3. The van der Waals surface area contributed by atoms with Crippen molar-refractivity contribution in [3.63, 3.8) is 0 Å². The predicted octanol–water partition coefficient (Wildman–Crippen LogP) is 3.87. The summed E-state index contributed by atoms with van der Waals surface area (Å²) < 4.78 is 14.7. The maximum absolute atomic E-state index is 12.8. The molecule has 0 radical (unpaired) electrons. The Balaban J connectivity index is 1.22. The molecule has 1 saturated heterocycles. The van der Waals surface area contributed by atoms with Gasteiger partial charge in [0.2, 0.25) is 0 Å². The Bertz CT molecular complexity index is 1730. The van der Waals surface area contributed by atoms with Gasteiger partial charge in [0.25, 0.3) is 0 Å². The molecular formula is C31H32N8O6. The van der Waals surface area contributed by atoms with Gasteiger partial charge in [-0.2, -0.15) is 0 Å². The van der Waals surface area contributed by atoms with Gasteiger partial charge in [-0.3, -0.25) is 5.32 Å². The van der Waals surface area contributed by atoms with Gasteiger partial charge in [-0.05, 0) is 37.1 Å². The lowest BCUT2D eigenvalue weighted by molar-refractivity contribution is -0.0496. The van der Waals surface area contributed by atoms with E-state index in [1.807, 2.05) is 54.0 Å². The summed E-state index contributed by atoms with van der Waals surface area (Å²) in [6.07, 6.45) is 5.96. The quantitative estimate of drug-likeness (QED) is 0.187. The van der Waals surface area contributed by atoms with Gasteiger partial charge in [0.15, 0.2) is 23.3 Å². The van der Waals surface area contributed by atoms with Crippen molar-refractivity contribution in [1.29, 1.82) is 0 Å². The molecule has 5 atom stereocenters. The molecule has 232 valence electrons. The number of aromatic nitrogens is 4. The molecule has 1 saturated carbocycles. The number of para-hydroxylation sites is 1. The lowest BCUT2D eigenvalue weighted by Crippen LogP contribution is -2.37. The number of imidazole rings is 1. The Kier molecular flexibility index (Phi) is 8.66. The summed E-state index contributed by atoms with van der Waals surface area (Å²) in [6, 6.07) is 14.8. The highest BCUT2D eigenvalue weighted by molar-refractivity contribution is 6.00. The summed E-state index contributed by atoms with van der Waals surface area (Å²) in [5.74, 6) is -1.02. The predicted molar refractivity (Wildman–Crippen MR) is 165 cm³/mol. The monoisotopic (exact) mass is 612 g/mol. The molecule has 2 aromatic heterocycles. The van der Waals surface area contributed by atoms with Crippen molar-refractivity contribution in [3.05, 3.63) is 84.5 Å². The Morgan fingerprint density at radius 1 is 0.956 bits per heavy atom. The molecule has 2 aliphatic rings. The van der Waals surface area contributed by atoms with E-state index in [0.29, 0.717) is 24.1 Å². The number of carbonyl (C=O) groups excluding carboxylic acids is 2. The van der Waals surface area contributed by atoms with Crippen LogP contribution in [0.1, 0.15) is 35.3 Å². The van der Waals surface area contributed by atoms with Crippen LogP contribution in [0, 0.1) is 5.92 Å². The summed E-state index contributed by atoms with van der Waals surface area (Å²) in [5.41, 5.74) is 2.13. The zero-order valence-corrected chi connectivity index (χ0v) is 24.3. The van der Waals surface area contributed by atoms with Gasteiger partial charge in [0.05, 0.1) is 29.7 Å². The number of fused-ring (bicyclic) bond motifs is 2. The fourth-order valence-corrected chi connectivity index (χ4v) is 5.75. The molecular weight excluding hydrogens is 580 g/mol. The number of carboxylic acids is 1. The Morgan fingerprint density at radius 3 is 2.51 bits per heavy atom. The Hall–Kier alpha value is -5.34. The second-order valence-electron chi connectivity index (χ2n) is 10.6. The number of rotatable bonds is 9. The van der Waals surface area contributed by atoms with E-state index in [2.05, 4.69) is 36.2 Å². The molecule has 1 aliphatic carbocycles. The molecule has 6 rings (SSSR count). The van der Waals surface area contributed by atoms with E-state index in [9.17, 15) is 19.5 Å². The minimum atomic E-state index is -1.14. The van der Waals surface area contributed by atoms with Crippen LogP contribution in [0.2, 0.25) is 0 Å². The number of carboxylic acid groups (broad SMARTS) is 1. The SMILES string of the molecule is CCNC(=O)Nc1ncnc2c1ncn2C1CC(CNC(=O)Nc2ccccc2C(=O)O)C2O[C@H](/C=C/c3ccccc3)OC21. The van der Waals surface area contributed by atoms with E-state index in [0.717, 1.165) is 5.56 Å². The zero-order chi connectivity index (χ0) is 31.3. The van der Waals surface area contributed by atoms with Crippen molar-refractivity contribution >= 4 is 46.8 Å². The summed E-state index contributed by atoms with van der Waals surface area (Å²) in [7, 11) is 0. The molecule has 14 nitrogen and oxygen atoms in total. The number of benzene rings is 2. The molecule has 3 heterocycles. The molecule has 4 amide bonds. The lowest BCUT2D eigenvalue weighted by atomic mass is 10.1. The molecule has 0 spiro atoms. The minimum absolute atomic E-state index is 0.00998. The molecule has 2 fully saturated rings. The van der Waals surface area contributed by atoms with Crippen LogP contribution < -0.4 is 21.3 Å². The average molecular weight is 613 g/mol. The average Bonchev–Trinajstić information content (AvgIpc) is 3.74. The standard InChI is InChI=1S/C31H32N8O6/c1-2-32-30(42)38-27-24-28(35-16-34-27)39(17-36-24)22-14-19(15-33-31(43)37-21-11-7-6-10-20(21)29(40)41)25-26(22)45-23(44-25)13-12-18-8-4-3-5-9-18/h3-13,16-17,19,22-23,25-26H,2,14-15H2,1H3,(H,40,41)(H2,33,37,43)(H2,32,34,35,38,42)/b13-12+/t19?,22?,23-,25?,26?/m0/s1. The maximum atomic E-state index is 12.8. The van der Waals surface area contributed by atoms with E-state index in [4.69, 9.17) is 9.47 Å². The molecule has 0 bridgehead atoms. The number of urea groups is 2. The number of amides is 4. The van der Waals surface area contributed by atoms with E-state index in [1.165, 1.54) is 18.5 Å². The van der Waals surface area contributed by atoms with Crippen molar-refractivity contribution in [2.75, 3.05) is 23.7 Å². The third-order valence-electron chi connectivity index (χ3n) is 7.76. The molecule has 45 heavy (non-hydrogen) atoms. The van der Waals surface area contributed by atoms with Crippen LogP contribution in [0.3, 0.4) is 0 Å².